The van der Waals surface area contributed by atoms with E-state index in [1.165, 1.54) is 7.11 Å². The van der Waals surface area contributed by atoms with Crippen LogP contribution in [-0.2, 0) is 9.53 Å². The number of methoxy groups -OCH3 is 1. The average Bonchev–Trinajstić information content (AvgIpc) is 2.37. The first kappa shape index (κ1) is 16.5. The van der Waals surface area contributed by atoms with Gasteiger partial charge >= 0.3 is 5.97 Å². The summed E-state index contributed by atoms with van der Waals surface area (Å²) in [6.45, 7) is 7.65. The number of esters is 1. The van der Waals surface area contributed by atoms with E-state index >= 15 is 0 Å². The van der Waals surface area contributed by atoms with E-state index in [1.54, 1.807) is 12.1 Å². The van der Waals surface area contributed by atoms with Crippen LogP contribution in [0.1, 0.15) is 39.4 Å². The third kappa shape index (κ3) is 4.23. The Balaban J connectivity index is 2.99. The Morgan fingerprint density at radius 2 is 1.85 bits per heavy atom. The summed E-state index contributed by atoms with van der Waals surface area (Å²) in [6, 6.07) is 7.20. The molecule has 2 unspecified atom stereocenters. The molecule has 0 bridgehead atoms. The van der Waals surface area contributed by atoms with Gasteiger partial charge in [0.25, 0.3) is 0 Å². The van der Waals surface area contributed by atoms with Crippen molar-refractivity contribution in [3.8, 4) is 5.75 Å². The lowest BCUT2D eigenvalue weighted by Crippen LogP contribution is -2.28. The van der Waals surface area contributed by atoms with Crippen LogP contribution in [0.4, 0.5) is 0 Å². The normalized spacial score (nSPS) is 14.2. The number of hydrogen-bond acceptors (Lipinski definition) is 4. The number of aliphatic hydroxyl groups is 1. The van der Waals surface area contributed by atoms with Crippen molar-refractivity contribution < 1.29 is 19.4 Å². The molecule has 0 spiro atoms. The summed E-state index contributed by atoms with van der Waals surface area (Å²) in [6.07, 6.45) is -0.845. The number of rotatable bonds is 6. The van der Waals surface area contributed by atoms with Crippen molar-refractivity contribution in [3.63, 3.8) is 0 Å². The van der Waals surface area contributed by atoms with Gasteiger partial charge in [-0.2, -0.15) is 0 Å². The summed E-state index contributed by atoms with van der Waals surface area (Å²) >= 11 is 0. The molecule has 4 heteroatoms. The molecule has 0 aromatic heterocycles. The fraction of sp³-hybridized carbons (Fsp3) is 0.562. The van der Waals surface area contributed by atoms with Gasteiger partial charge in [-0.1, -0.05) is 26.0 Å². The Hall–Kier alpha value is -1.55. The van der Waals surface area contributed by atoms with E-state index < -0.39 is 18.0 Å². The molecule has 112 valence electrons. The molecule has 0 amide bonds. The van der Waals surface area contributed by atoms with E-state index in [4.69, 9.17) is 9.47 Å². The molecule has 0 saturated heterocycles. The summed E-state index contributed by atoms with van der Waals surface area (Å²) < 4.78 is 10.4. The molecule has 2 atom stereocenters. The molecular formula is C16H24O4. The highest BCUT2D eigenvalue weighted by Gasteiger charge is 2.32. The molecule has 0 fully saturated rings. The monoisotopic (exact) mass is 280 g/mol. The van der Waals surface area contributed by atoms with E-state index in [9.17, 15) is 9.90 Å². The summed E-state index contributed by atoms with van der Waals surface area (Å²) in [5.41, 5.74) is 0.659. The first-order valence-electron chi connectivity index (χ1n) is 6.89. The summed E-state index contributed by atoms with van der Waals surface area (Å²) in [4.78, 5) is 11.8. The molecule has 0 aliphatic heterocycles. The largest absolute Gasteiger partial charge is 0.491 e. The number of carbonyl (C=O) groups is 1. The smallest absolute Gasteiger partial charge is 0.311 e. The lowest BCUT2D eigenvalue weighted by molar-refractivity contribution is -0.152. The Kier molecular flexibility index (Phi) is 6.02. The van der Waals surface area contributed by atoms with E-state index in [0.29, 0.717) is 11.3 Å². The molecule has 0 saturated carbocycles. The van der Waals surface area contributed by atoms with Crippen LogP contribution in [0.5, 0.6) is 5.75 Å². The predicted molar refractivity (Wildman–Crippen MR) is 77.5 cm³/mol. The third-order valence-electron chi connectivity index (χ3n) is 3.10. The second-order valence-corrected chi connectivity index (χ2v) is 5.48. The number of carbonyl (C=O) groups excluding carboxylic acids is 1. The second kappa shape index (κ2) is 7.29. The maximum atomic E-state index is 11.8. The van der Waals surface area contributed by atoms with Crippen LogP contribution in [0.15, 0.2) is 24.3 Å². The summed E-state index contributed by atoms with van der Waals surface area (Å²) in [5.74, 6) is -0.326. The molecule has 0 heterocycles. The molecule has 0 aliphatic rings. The van der Waals surface area contributed by atoms with Crippen LogP contribution >= 0.6 is 0 Å². The predicted octanol–water partition coefficient (Wildman–Crippen LogP) is 2.95. The van der Waals surface area contributed by atoms with Gasteiger partial charge < -0.3 is 14.6 Å². The van der Waals surface area contributed by atoms with Gasteiger partial charge in [-0.3, -0.25) is 4.79 Å². The van der Waals surface area contributed by atoms with Gasteiger partial charge in [0.1, 0.15) is 5.75 Å². The van der Waals surface area contributed by atoms with Gasteiger partial charge in [0, 0.05) is 0 Å². The molecule has 1 aromatic carbocycles. The molecule has 1 aromatic rings. The number of aliphatic hydroxyl groups excluding tert-OH is 1. The van der Waals surface area contributed by atoms with Gasteiger partial charge in [0.15, 0.2) is 0 Å². The zero-order valence-corrected chi connectivity index (χ0v) is 12.8. The van der Waals surface area contributed by atoms with Crippen molar-refractivity contribution >= 4 is 5.97 Å². The zero-order chi connectivity index (χ0) is 15.3. The van der Waals surface area contributed by atoms with Crippen LogP contribution in [-0.4, -0.2) is 24.3 Å². The van der Waals surface area contributed by atoms with Crippen molar-refractivity contribution in [2.45, 2.75) is 39.9 Å². The minimum absolute atomic E-state index is 0.0212. The Bertz CT molecular complexity index is 440. The van der Waals surface area contributed by atoms with Gasteiger partial charge in [0.05, 0.1) is 25.2 Å². The standard InChI is InChI=1S/C16H24O4/c1-10(2)14(16(18)19-5)15(17)12-7-6-8-13(9-12)20-11(3)4/h6-11,14-15,17H,1-5H3. The maximum Gasteiger partial charge on any atom is 0.311 e. The Morgan fingerprint density at radius 1 is 1.20 bits per heavy atom. The lowest BCUT2D eigenvalue weighted by Gasteiger charge is -2.24. The molecular weight excluding hydrogens is 256 g/mol. The third-order valence-corrected chi connectivity index (χ3v) is 3.10. The fourth-order valence-corrected chi connectivity index (χ4v) is 2.15. The Morgan fingerprint density at radius 3 is 2.35 bits per heavy atom. The number of benzene rings is 1. The minimum Gasteiger partial charge on any atom is -0.491 e. The van der Waals surface area contributed by atoms with E-state index in [-0.39, 0.29) is 12.0 Å². The van der Waals surface area contributed by atoms with Gasteiger partial charge in [-0.05, 0) is 37.5 Å². The fourth-order valence-electron chi connectivity index (χ4n) is 2.15. The quantitative estimate of drug-likeness (QED) is 0.814. The Labute approximate surface area is 120 Å². The van der Waals surface area contributed by atoms with E-state index in [2.05, 4.69) is 0 Å². The van der Waals surface area contributed by atoms with Crippen molar-refractivity contribution in [3.05, 3.63) is 29.8 Å². The van der Waals surface area contributed by atoms with Crippen LogP contribution in [0, 0.1) is 11.8 Å². The molecule has 4 nitrogen and oxygen atoms in total. The van der Waals surface area contributed by atoms with Crippen molar-refractivity contribution in [1.82, 2.24) is 0 Å². The number of ether oxygens (including phenoxy) is 2. The molecule has 0 aliphatic carbocycles. The van der Waals surface area contributed by atoms with Crippen molar-refractivity contribution in [1.29, 1.82) is 0 Å². The second-order valence-electron chi connectivity index (χ2n) is 5.48. The van der Waals surface area contributed by atoms with Crippen molar-refractivity contribution in [2.24, 2.45) is 11.8 Å². The molecule has 20 heavy (non-hydrogen) atoms. The van der Waals surface area contributed by atoms with Crippen LogP contribution < -0.4 is 4.74 Å². The minimum atomic E-state index is -0.904. The zero-order valence-electron chi connectivity index (χ0n) is 12.8. The van der Waals surface area contributed by atoms with Gasteiger partial charge in [0.2, 0.25) is 0 Å². The topological polar surface area (TPSA) is 55.8 Å². The highest BCUT2D eigenvalue weighted by atomic mass is 16.5. The van der Waals surface area contributed by atoms with Crippen LogP contribution in [0.2, 0.25) is 0 Å². The maximum absolute atomic E-state index is 11.8. The van der Waals surface area contributed by atoms with E-state index in [0.717, 1.165) is 0 Å². The van der Waals surface area contributed by atoms with Crippen molar-refractivity contribution in [2.75, 3.05) is 7.11 Å². The summed E-state index contributed by atoms with van der Waals surface area (Å²) in [5, 5.41) is 10.5. The SMILES string of the molecule is COC(=O)C(C(C)C)C(O)c1cccc(OC(C)C)c1. The van der Waals surface area contributed by atoms with Crippen LogP contribution in [0.3, 0.4) is 0 Å². The highest BCUT2D eigenvalue weighted by Crippen LogP contribution is 2.31. The summed E-state index contributed by atoms with van der Waals surface area (Å²) in [7, 11) is 1.34. The lowest BCUT2D eigenvalue weighted by atomic mass is 9.86. The molecule has 1 N–H and O–H groups in total. The first-order valence-corrected chi connectivity index (χ1v) is 6.89. The van der Waals surface area contributed by atoms with Gasteiger partial charge in [-0.15, -0.1) is 0 Å². The van der Waals surface area contributed by atoms with Crippen LogP contribution in [0.25, 0.3) is 0 Å². The highest BCUT2D eigenvalue weighted by molar-refractivity contribution is 5.73. The molecule has 0 radical (unpaired) electrons. The number of hydrogen-bond donors (Lipinski definition) is 1. The van der Waals surface area contributed by atoms with E-state index in [1.807, 2.05) is 39.8 Å². The molecule has 1 rings (SSSR count). The first-order chi connectivity index (χ1) is 9.36. The van der Waals surface area contributed by atoms with Gasteiger partial charge in [-0.25, -0.2) is 0 Å². The average molecular weight is 280 g/mol.